The molecule has 0 amide bonds. The maximum Gasteiger partial charge on any atom is 0.278 e. The van der Waals surface area contributed by atoms with E-state index < -0.39 is 10.7 Å². The van der Waals surface area contributed by atoms with Gasteiger partial charge in [-0.05, 0) is 18.2 Å². The van der Waals surface area contributed by atoms with Crippen molar-refractivity contribution in [3.05, 3.63) is 64.7 Å². The van der Waals surface area contributed by atoms with Crippen molar-refractivity contribution < 1.29 is 14.1 Å². The van der Waals surface area contributed by atoms with E-state index in [1.54, 1.807) is 24.4 Å². The Morgan fingerprint density at radius 1 is 1.22 bits per heavy atom. The van der Waals surface area contributed by atoms with Crippen molar-refractivity contribution in [3.63, 3.8) is 0 Å². The van der Waals surface area contributed by atoms with E-state index in [-0.39, 0.29) is 5.69 Å². The molecule has 23 heavy (non-hydrogen) atoms. The highest BCUT2D eigenvalue weighted by molar-refractivity contribution is 6.00. The lowest BCUT2D eigenvalue weighted by Gasteiger charge is -2.11. The number of ether oxygens (including phenoxy) is 1. The number of hydrogen-bond donors (Lipinski definition) is 1. The second kappa shape index (κ2) is 5.88. The average molecular weight is 313 g/mol. The molecule has 0 unspecified atom stereocenters. The van der Waals surface area contributed by atoms with Crippen LogP contribution in [0.2, 0.25) is 0 Å². The van der Waals surface area contributed by atoms with E-state index in [1.165, 1.54) is 31.5 Å². The van der Waals surface area contributed by atoms with Gasteiger partial charge < -0.3 is 10.1 Å². The first-order chi connectivity index (χ1) is 11.1. The Labute approximate surface area is 130 Å². The van der Waals surface area contributed by atoms with Gasteiger partial charge in [0.05, 0.1) is 17.4 Å². The molecule has 0 saturated carbocycles. The van der Waals surface area contributed by atoms with Gasteiger partial charge in [-0.25, -0.2) is 4.39 Å². The van der Waals surface area contributed by atoms with Crippen molar-refractivity contribution in [1.29, 1.82) is 0 Å². The first-order valence-electron chi connectivity index (χ1n) is 6.71. The number of anilines is 2. The van der Waals surface area contributed by atoms with Crippen molar-refractivity contribution in [3.8, 4) is 5.75 Å². The van der Waals surface area contributed by atoms with Crippen LogP contribution in [0, 0.1) is 15.9 Å². The largest absolute Gasteiger partial charge is 0.497 e. The highest BCUT2D eigenvalue weighted by atomic mass is 19.1. The van der Waals surface area contributed by atoms with Gasteiger partial charge in [0.15, 0.2) is 0 Å². The summed E-state index contributed by atoms with van der Waals surface area (Å²) in [5.74, 6) is -0.0693. The number of halogens is 1. The summed E-state index contributed by atoms with van der Waals surface area (Å²) in [5, 5.41) is 15.2. The summed E-state index contributed by atoms with van der Waals surface area (Å²) in [6.45, 7) is 0. The number of methoxy groups -OCH3 is 1. The molecular formula is C16H12FN3O3. The quantitative estimate of drug-likeness (QED) is 0.581. The second-order valence-electron chi connectivity index (χ2n) is 4.82. The Morgan fingerprint density at radius 2 is 2.04 bits per heavy atom. The van der Waals surface area contributed by atoms with Gasteiger partial charge in [0.1, 0.15) is 11.6 Å². The normalized spacial score (nSPS) is 10.5. The molecule has 1 heterocycles. The molecule has 2 aromatic carbocycles. The van der Waals surface area contributed by atoms with E-state index in [4.69, 9.17) is 4.74 Å². The molecule has 0 aliphatic heterocycles. The minimum atomic E-state index is -0.459. The predicted octanol–water partition coefficient (Wildman–Crippen LogP) is 4.03. The van der Waals surface area contributed by atoms with Crippen LogP contribution in [-0.4, -0.2) is 17.0 Å². The molecule has 0 fully saturated rings. The number of benzene rings is 2. The van der Waals surface area contributed by atoms with Gasteiger partial charge in [-0.3, -0.25) is 15.1 Å². The third kappa shape index (κ3) is 2.89. The van der Waals surface area contributed by atoms with Gasteiger partial charge in [0.25, 0.3) is 5.69 Å². The van der Waals surface area contributed by atoms with Crippen LogP contribution >= 0.6 is 0 Å². The van der Waals surface area contributed by atoms with Crippen LogP contribution in [0.15, 0.2) is 48.8 Å². The van der Waals surface area contributed by atoms with Gasteiger partial charge in [-0.2, -0.15) is 0 Å². The molecule has 7 heteroatoms. The lowest BCUT2D eigenvalue weighted by Crippen LogP contribution is -1.96. The van der Waals surface area contributed by atoms with E-state index in [1.807, 2.05) is 0 Å². The molecule has 1 aromatic heterocycles. The van der Waals surface area contributed by atoms with Crippen LogP contribution in [0.4, 0.5) is 21.5 Å². The molecule has 3 rings (SSSR count). The van der Waals surface area contributed by atoms with Gasteiger partial charge >= 0.3 is 0 Å². The van der Waals surface area contributed by atoms with Crippen molar-refractivity contribution in [2.45, 2.75) is 0 Å². The van der Waals surface area contributed by atoms with E-state index in [2.05, 4.69) is 10.3 Å². The molecule has 6 nitrogen and oxygen atoms in total. The molecule has 0 atom stereocenters. The number of nitrogens with zero attached hydrogens (tertiary/aromatic N) is 2. The van der Waals surface area contributed by atoms with Gasteiger partial charge in [0.2, 0.25) is 0 Å². The Morgan fingerprint density at radius 3 is 2.78 bits per heavy atom. The number of rotatable bonds is 4. The van der Waals surface area contributed by atoms with Gasteiger partial charge in [-0.15, -0.1) is 0 Å². The summed E-state index contributed by atoms with van der Waals surface area (Å²) in [6.07, 6.45) is 2.98. The van der Waals surface area contributed by atoms with Crippen molar-refractivity contribution in [1.82, 2.24) is 4.98 Å². The fourth-order valence-electron chi connectivity index (χ4n) is 2.35. The van der Waals surface area contributed by atoms with Crippen LogP contribution in [0.3, 0.4) is 0 Å². The molecule has 3 aromatic rings. The molecule has 0 spiro atoms. The topological polar surface area (TPSA) is 77.3 Å². The number of nitro benzene ring substituents is 1. The number of pyridine rings is 1. The predicted molar refractivity (Wildman–Crippen MR) is 84.6 cm³/mol. The lowest BCUT2D eigenvalue weighted by molar-refractivity contribution is -0.383. The SMILES string of the molecule is COc1cc(F)cc(Nc2ccc([N+](=O)[O-])c3cnccc23)c1. The van der Waals surface area contributed by atoms with Gasteiger partial charge in [-0.1, -0.05) is 0 Å². The van der Waals surface area contributed by atoms with Crippen LogP contribution in [0.25, 0.3) is 10.8 Å². The highest BCUT2D eigenvalue weighted by Crippen LogP contribution is 2.33. The zero-order valence-corrected chi connectivity index (χ0v) is 12.1. The highest BCUT2D eigenvalue weighted by Gasteiger charge is 2.14. The van der Waals surface area contributed by atoms with E-state index in [0.29, 0.717) is 27.9 Å². The van der Waals surface area contributed by atoms with Gasteiger partial charge in [0, 0.05) is 47.4 Å². The summed E-state index contributed by atoms with van der Waals surface area (Å²) in [6, 6.07) is 8.86. The standard InChI is InChI=1S/C16H12FN3O3/c1-23-12-7-10(17)6-11(8-12)19-15-2-3-16(20(21)22)14-9-18-5-4-13(14)15/h2-9,19H,1H3. The van der Waals surface area contributed by atoms with E-state index in [9.17, 15) is 14.5 Å². The summed E-state index contributed by atoms with van der Waals surface area (Å²) in [7, 11) is 1.45. The molecular weight excluding hydrogens is 301 g/mol. The number of nitro groups is 1. The molecule has 0 radical (unpaired) electrons. The van der Waals surface area contributed by atoms with E-state index >= 15 is 0 Å². The summed E-state index contributed by atoms with van der Waals surface area (Å²) in [5.41, 5.74) is 1.06. The van der Waals surface area contributed by atoms with Crippen molar-refractivity contribution in [2.75, 3.05) is 12.4 Å². The third-order valence-electron chi connectivity index (χ3n) is 3.38. The summed E-state index contributed by atoms with van der Waals surface area (Å²) >= 11 is 0. The number of hydrogen-bond acceptors (Lipinski definition) is 5. The molecule has 0 aliphatic rings. The first-order valence-corrected chi connectivity index (χ1v) is 6.71. The minimum Gasteiger partial charge on any atom is -0.497 e. The van der Waals surface area contributed by atoms with Crippen LogP contribution in [-0.2, 0) is 0 Å². The third-order valence-corrected chi connectivity index (χ3v) is 3.38. The maximum absolute atomic E-state index is 13.6. The maximum atomic E-state index is 13.6. The fraction of sp³-hybridized carbons (Fsp3) is 0.0625. The first kappa shape index (κ1) is 14.7. The average Bonchev–Trinajstić information content (AvgIpc) is 2.54. The van der Waals surface area contributed by atoms with E-state index in [0.717, 1.165) is 0 Å². The van der Waals surface area contributed by atoms with Crippen LogP contribution in [0.1, 0.15) is 0 Å². The fourth-order valence-corrected chi connectivity index (χ4v) is 2.35. The summed E-state index contributed by atoms with van der Waals surface area (Å²) < 4.78 is 18.6. The van der Waals surface area contributed by atoms with Crippen LogP contribution < -0.4 is 10.1 Å². The Balaban J connectivity index is 2.09. The minimum absolute atomic E-state index is 0.0320. The van der Waals surface area contributed by atoms with Crippen LogP contribution in [0.5, 0.6) is 5.75 Å². The van der Waals surface area contributed by atoms with Crippen molar-refractivity contribution in [2.24, 2.45) is 0 Å². The Hall–Kier alpha value is -3.22. The number of fused-ring (bicyclic) bond motifs is 1. The Bertz CT molecular complexity index is 899. The number of nitrogens with one attached hydrogen (secondary N) is 1. The molecule has 116 valence electrons. The number of aromatic nitrogens is 1. The second-order valence-corrected chi connectivity index (χ2v) is 4.82. The van der Waals surface area contributed by atoms with Crippen molar-refractivity contribution >= 4 is 27.8 Å². The molecule has 0 aliphatic carbocycles. The smallest absolute Gasteiger partial charge is 0.278 e. The monoisotopic (exact) mass is 313 g/mol. The lowest BCUT2D eigenvalue weighted by atomic mass is 10.1. The Kier molecular flexibility index (Phi) is 3.76. The molecule has 0 saturated heterocycles. The zero-order chi connectivity index (χ0) is 16.4. The molecule has 1 N–H and O–H groups in total. The number of non-ortho nitro benzene ring substituents is 1. The zero-order valence-electron chi connectivity index (χ0n) is 12.1. The summed E-state index contributed by atoms with van der Waals surface area (Å²) in [4.78, 5) is 14.6. The molecule has 0 bridgehead atoms.